The molecule has 0 radical (unpaired) electrons. The molecule has 13 heavy (non-hydrogen) atoms. The molecule has 0 unspecified atom stereocenters. The first kappa shape index (κ1) is 10.7. The third-order valence-electron chi connectivity index (χ3n) is 1.82. The second-order valence-corrected chi connectivity index (χ2v) is 3.63. The number of nitrogens with zero attached hydrogens (tertiary/aromatic N) is 1. The van der Waals surface area contributed by atoms with Crippen LogP contribution in [-0.2, 0) is 6.54 Å². The van der Waals surface area contributed by atoms with Crippen LogP contribution in [0.15, 0.2) is 16.8 Å². The maximum Gasteiger partial charge on any atom is 0.0558 e. The van der Waals surface area contributed by atoms with Gasteiger partial charge in [0, 0.05) is 19.6 Å². The van der Waals surface area contributed by atoms with Gasteiger partial charge in [-0.3, -0.25) is 4.90 Å². The zero-order chi connectivity index (χ0) is 9.52. The van der Waals surface area contributed by atoms with Crippen LogP contribution in [0.5, 0.6) is 0 Å². The van der Waals surface area contributed by atoms with Crippen molar-refractivity contribution in [1.82, 2.24) is 4.90 Å². The highest BCUT2D eigenvalue weighted by molar-refractivity contribution is 7.07. The summed E-state index contributed by atoms with van der Waals surface area (Å²) in [5.41, 5.74) is 1.24. The zero-order valence-corrected chi connectivity index (χ0v) is 8.33. The molecule has 2 N–H and O–H groups in total. The molecule has 0 aliphatic rings. The molecule has 1 aromatic rings. The minimum Gasteiger partial charge on any atom is -0.395 e. The molecule has 0 aliphatic carbocycles. The van der Waals surface area contributed by atoms with Crippen LogP contribution in [0.3, 0.4) is 0 Å². The molecule has 0 bridgehead atoms. The maximum atomic E-state index is 8.77. The Kier molecular flexibility index (Phi) is 5.00. The first-order valence-electron chi connectivity index (χ1n) is 4.32. The highest BCUT2D eigenvalue weighted by Crippen LogP contribution is 2.08. The molecule has 1 rings (SSSR count). The van der Waals surface area contributed by atoms with Gasteiger partial charge >= 0.3 is 0 Å². The van der Waals surface area contributed by atoms with Gasteiger partial charge in [-0.2, -0.15) is 11.3 Å². The fourth-order valence-corrected chi connectivity index (χ4v) is 1.85. The lowest BCUT2D eigenvalue weighted by Gasteiger charge is -2.19. The Balaban J connectivity index is 2.37. The number of thiophene rings is 1. The van der Waals surface area contributed by atoms with E-state index in [0.717, 1.165) is 6.54 Å². The normalized spacial score (nSPS) is 11.0. The topological polar surface area (TPSA) is 43.7 Å². The Labute approximate surface area is 82.2 Å². The molecule has 4 heteroatoms. The largest absolute Gasteiger partial charge is 0.395 e. The molecular weight excluding hydrogens is 186 g/mol. The average Bonchev–Trinajstić information content (AvgIpc) is 2.58. The number of rotatable bonds is 6. The lowest BCUT2D eigenvalue weighted by molar-refractivity contribution is 0.156. The van der Waals surface area contributed by atoms with Crippen molar-refractivity contribution in [2.24, 2.45) is 0 Å². The van der Waals surface area contributed by atoms with Crippen molar-refractivity contribution < 1.29 is 10.2 Å². The van der Waals surface area contributed by atoms with Gasteiger partial charge in [0.2, 0.25) is 0 Å². The highest BCUT2D eigenvalue weighted by Gasteiger charge is 2.04. The Morgan fingerprint density at radius 3 is 2.38 bits per heavy atom. The third kappa shape index (κ3) is 3.87. The van der Waals surface area contributed by atoms with Crippen LogP contribution >= 0.6 is 11.3 Å². The predicted octanol–water partition coefficient (Wildman–Crippen LogP) is 0.535. The fourth-order valence-electron chi connectivity index (χ4n) is 1.19. The number of aliphatic hydroxyl groups excluding tert-OH is 2. The molecule has 1 aromatic heterocycles. The van der Waals surface area contributed by atoms with Crippen molar-refractivity contribution in [3.8, 4) is 0 Å². The van der Waals surface area contributed by atoms with E-state index in [1.165, 1.54) is 5.56 Å². The fraction of sp³-hybridized carbons (Fsp3) is 0.556. The molecule has 0 amide bonds. The van der Waals surface area contributed by atoms with Crippen LogP contribution in [0, 0.1) is 0 Å². The van der Waals surface area contributed by atoms with Gasteiger partial charge in [-0.05, 0) is 22.4 Å². The summed E-state index contributed by atoms with van der Waals surface area (Å²) >= 11 is 1.67. The van der Waals surface area contributed by atoms with E-state index >= 15 is 0 Å². The Hall–Kier alpha value is -0.420. The molecule has 0 aliphatic heterocycles. The van der Waals surface area contributed by atoms with Crippen LogP contribution in [0.2, 0.25) is 0 Å². The molecule has 0 aromatic carbocycles. The smallest absolute Gasteiger partial charge is 0.0558 e. The first-order valence-corrected chi connectivity index (χ1v) is 5.26. The van der Waals surface area contributed by atoms with Gasteiger partial charge in [0.15, 0.2) is 0 Å². The van der Waals surface area contributed by atoms with Gasteiger partial charge < -0.3 is 10.2 Å². The summed E-state index contributed by atoms with van der Waals surface area (Å²) in [4.78, 5) is 2.03. The second kappa shape index (κ2) is 6.10. The number of hydrogen-bond donors (Lipinski definition) is 2. The summed E-state index contributed by atoms with van der Waals surface area (Å²) in [7, 11) is 0. The molecule has 0 saturated carbocycles. The zero-order valence-electron chi connectivity index (χ0n) is 7.52. The van der Waals surface area contributed by atoms with Crippen LogP contribution in [0.25, 0.3) is 0 Å². The highest BCUT2D eigenvalue weighted by atomic mass is 32.1. The van der Waals surface area contributed by atoms with E-state index in [1.54, 1.807) is 11.3 Å². The molecule has 0 spiro atoms. The lowest BCUT2D eigenvalue weighted by Crippen LogP contribution is -2.29. The van der Waals surface area contributed by atoms with E-state index < -0.39 is 0 Å². The van der Waals surface area contributed by atoms with Gasteiger partial charge in [-0.1, -0.05) is 0 Å². The molecule has 3 nitrogen and oxygen atoms in total. The van der Waals surface area contributed by atoms with Gasteiger partial charge in [0.1, 0.15) is 0 Å². The first-order chi connectivity index (χ1) is 6.36. The number of aliphatic hydroxyl groups is 2. The SMILES string of the molecule is OCCN(CCO)Cc1ccsc1. The summed E-state index contributed by atoms with van der Waals surface area (Å²) in [6.45, 7) is 2.34. The van der Waals surface area contributed by atoms with Crippen molar-refractivity contribution in [2.75, 3.05) is 26.3 Å². The molecular formula is C9H15NO2S. The molecule has 74 valence electrons. The van der Waals surface area contributed by atoms with Crippen molar-refractivity contribution in [3.63, 3.8) is 0 Å². The van der Waals surface area contributed by atoms with Gasteiger partial charge in [-0.25, -0.2) is 0 Å². The monoisotopic (exact) mass is 201 g/mol. The molecule has 0 atom stereocenters. The summed E-state index contributed by atoms with van der Waals surface area (Å²) in [5, 5.41) is 21.7. The van der Waals surface area contributed by atoms with Crippen LogP contribution in [0.4, 0.5) is 0 Å². The Bertz CT molecular complexity index is 207. The Morgan fingerprint density at radius 2 is 1.92 bits per heavy atom. The molecule has 1 heterocycles. The van der Waals surface area contributed by atoms with Crippen LogP contribution < -0.4 is 0 Å². The summed E-state index contributed by atoms with van der Waals surface area (Å²) < 4.78 is 0. The van der Waals surface area contributed by atoms with Crippen LogP contribution in [0.1, 0.15) is 5.56 Å². The van der Waals surface area contributed by atoms with Crippen molar-refractivity contribution in [3.05, 3.63) is 22.4 Å². The summed E-state index contributed by atoms with van der Waals surface area (Å²) in [6.07, 6.45) is 0. The average molecular weight is 201 g/mol. The lowest BCUT2D eigenvalue weighted by atomic mass is 10.3. The minimum atomic E-state index is 0.143. The quantitative estimate of drug-likeness (QED) is 0.706. The summed E-state index contributed by atoms with van der Waals surface area (Å²) in [6, 6.07) is 2.06. The van der Waals surface area contributed by atoms with E-state index in [2.05, 4.69) is 11.4 Å². The van der Waals surface area contributed by atoms with Gasteiger partial charge in [-0.15, -0.1) is 0 Å². The molecule has 0 saturated heterocycles. The summed E-state index contributed by atoms with van der Waals surface area (Å²) in [5.74, 6) is 0. The number of hydrogen-bond acceptors (Lipinski definition) is 4. The van der Waals surface area contributed by atoms with Gasteiger partial charge in [0.25, 0.3) is 0 Å². The van der Waals surface area contributed by atoms with Crippen molar-refractivity contribution >= 4 is 11.3 Å². The maximum absolute atomic E-state index is 8.77. The van der Waals surface area contributed by atoms with E-state index in [4.69, 9.17) is 10.2 Å². The van der Waals surface area contributed by atoms with Crippen LogP contribution in [-0.4, -0.2) is 41.4 Å². The van der Waals surface area contributed by atoms with E-state index in [-0.39, 0.29) is 13.2 Å². The van der Waals surface area contributed by atoms with E-state index in [1.807, 2.05) is 10.3 Å². The third-order valence-corrected chi connectivity index (χ3v) is 2.55. The van der Waals surface area contributed by atoms with Gasteiger partial charge in [0.05, 0.1) is 13.2 Å². The predicted molar refractivity (Wildman–Crippen MR) is 53.8 cm³/mol. The Morgan fingerprint density at radius 1 is 1.23 bits per heavy atom. The van der Waals surface area contributed by atoms with E-state index in [9.17, 15) is 0 Å². The van der Waals surface area contributed by atoms with E-state index in [0.29, 0.717) is 13.1 Å². The van der Waals surface area contributed by atoms with Crippen molar-refractivity contribution in [2.45, 2.75) is 6.54 Å². The molecule has 0 fully saturated rings. The standard InChI is InChI=1S/C9H15NO2S/c11-4-2-10(3-5-12)7-9-1-6-13-8-9/h1,6,8,11-12H,2-5,7H2. The second-order valence-electron chi connectivity index (χ2n) is 2.85. The van der Waals surface area contributed by atoms with Crippen molar-refractivity contribution in [1.29, 1.82) is 0 Å². The minimum absolute atomic E-state index is 0.143.